The topological polar surface area (TPSA) is 68.0 Å². The number of aromatic nitrogens is 1. The molecular weight excluding hydrogens is 330 g/mol. The molecule has 0 bridgehead atoms. The lowest BCUT2D eigenvalue weighted by molar-refractivity contribution is -0.122. The zero-order valence-corrected chi connectivity index (χ0v) is 14.6. The molecule has 2 aromatic rings. The molecule has 2 aliphatic carbocycles. The summed E-state index contributed by atoms with van der Waals surface area (Å²) in [4.78, 5) is 17.2. The fourth-order valence-electron chi connectivity index (χ4n) is 3.19. The van der Waals surface area contributed by atoms with Crippen molar-refractivity contribution in [3.8, 4) is 0 Å². The van der Waals surface area contributed by atoms with Crippen molar-refractivity contribution < 1.29 is 4.79 Å². The maximum Gasteiger partial charge on any atom is 0.244 e. The van der Waals surface area contributed by atoms with Gasteiger partial charge >= 0.3 is 0 Å². The van der Waals surface area contributed by atoms with Crippen LogP contribution >= 0.6 is 23.7 Å². The molecule has 0 aliphatic heterocycles. The molecule has 0 saturated heterocycles. The third-order valence-electron chi connectivity index (χ3n) is 4.79. The van der Waals surface area contributed by atoms with Gasteiger partial charge in [0.15, 0.2) is 0 Å². The van der Waals surface area contributed by atoms with Crippen molar-refractivity contribution in [2.24, 2.45) is 5.73 Å². The minimum atomic E-state index is -0.694. The van der Waals surface area contributed by atoms with Crippen LogP contribution in [0.1, 0.15) is 55.9 Å². The fraction of sp³-hybridized carbons (Fsp3) is 0.529. The number of rotatable bonds is 3. The zero-order valence-electron chi connectivity index (χ0n) is 13.0. The predicted molar refractivity (Wildman–Crippen MR) is 97.5 cm³/mol. The highest BCUT2D eigenvalue weighted by Crippen LogP contribution is 2.43. The van der Waals surface area contributed by atoms with Gasteiger partial charge < -0.3 is 11.1 Å². The second kappa shape index (κ2) is 6.38. The average Bonchev–Trinajstić information content (AvgIpc) is 3.28. The van der Waals surface area contributed by atoms with Crippen LogP contribution in [0, 0.1) is 0 Å². The van der Waals surface area contributed by atoms with E-state index in [2.05, 4.69) is 10.3 Å². The summed E-state index contributed by atoms with van der Waals surface area (Å²) in [5.74, 6) is 0.628. The van der Waals surface area contributed by atoms with Crippen molar-refractivity contribution >= 4 is 45.6 Å². The molecule has 4 nitrogen and oxygen atoms in total. The Morgan fingerprint density at radius 3 is 2.70 bits per heavy atom. The second-order valence-corrected chi connectivity index (χ2v) is 7.74. The van der Waals surface area contributed by atoms with Gasteiger partial charge in [-0.1, -0.05) is 19.3 Å². The maximum absolute atomic E-state index is 12.5. The van der Waals surface area contributed by atoms with Crippen LogP contribution in [0.2, 0.25) is 0 Å². The van der Waals surface area contributed by atoms with Crippen molar-refractivity contribution in [2.45, 2.75) is 56.4 Å². The van der Waals surface area contributed by atoms with E-state index in [1.54, 1.807) is 11.3 Å². The van der Waals surface area contributed by atoms with Gasteiger partial charge in [0.25, 0.3) is 0 Å². The van der Waals surface area contributed by atoms with Crippen LogP contribution in [0.4, 0.5) is 5.69 Å². The third-order valence-corrected chi connectivity index (χ3v) is 5.97. The summed E-state index contributed by atoms with van der Waals surface area (Å²) < 4.78 is 1.15. The highest BCUT2D eigenvalue weighted by Gasteiger charge is 2.35. The van der Waals surface area contributed by atoms with E-state index in [-0.39, 0.29) is 18.3 Å². The van der Waals surface area contributed by atoms with Gasteiger partial charge in [0, 0.05) is 11.6 Å². The molecule has 0 atom stereocenters. The van der Waals surface area contributed by atoms with E-state index < -0.39 is 5.54 Å². The van der Waals surface area contributed by atoms with Gasteiger partial charge in [-0.3, -0.25) is 4.79 Å². The van der Waals surface area contributed by atoms with E-state index in [1.807, 2.05) is 18.2 Å². The number of nitrogens with zero attached hydrogens (tertiary/aromatic N) is 1. The minimum absolute atomic E-state index is 0. The van der Waals surface area contributed by atoms with Crippen molar-refractivity contribution in [1.29, 1.82) is 0 Å². The van der Waals surface area contributed by atoms with E-state index in [1.165, 1.54) is 24.3 Å². The molecule has 1 heterocycles. The number of thiazole rings is 1. The Morgan fingerprint density at radius 1 is 1.26 bits per heavy atom. The van der Waals surface area contributed by atoms with Gasteiger partial charge in [0.1, 0.15) is 0 Å². The van der Waals surface area contributed by atoms with Crippen LogP contribution in [-0.4, -0.2) is 16.4 Å². The molecule has 124 valence electrons. The molecule has 4 rings (SSSR count). The Morgan fingerprint density at radius 2 is 2.00 bits per heavy atom. The molecule has 3 N–H and O–H groups in total. The Balaban J connectivity index is 0.00000156. The molecule has 2 aliphatic rings. The lowest BCUT2D eigenvalue weighted by atomic mass is 9.82. The summed E-state index contributed by atoms with van der Waals surface area (Å²) in [6.45, 7) is 0. The smallest absolute Gasteiger partial charge is 0.244 e. The molecule has 2 saturated carbocycles. The first-order chi connectivity index (χ1) is 10.6. The molecular formula is C17H22ClN3OS. The summed E-state index contributed by atoms with van der Waals surface area (Å²) >= 11 is 1.75. The normalized spacial score (nSPS) is 20.0. The van der Waals surface area contributed by atoms with Crippen molar-refractivity contribution in [3.05, 3.63) is 23.2 Å². The van der Waals surface area contributed by atoms with Crippen molar-refractivity contribution in [2.75, 3.05) is 5.32 Å². The number of hydrogen-bond acceptors (Lipinski definition) is 4. The molecule has 1 amide bonds. The second-order valence-electron chi connectivity index (χ2n) is 6.68. The minimum Gasteiger partial charge on any atom is -0.324 e. The lowest BCUT2D eigenvalue weighted by Gasteiger charge is -2.31. The number of benzene rings is 1. The van der Waals surface area contributed by atoms with Gasteiger partial charge in [0.05, 0.1) is 20.8 Å². The van der Waals surface area contributed by atoms with Crippen molar-refractivity contribution in [1.82, 2.24) is 4.98 Å². The van der Waals surface area contributed by atoms with Crippen LogP contribution in [-0.2, 0) is 4.79 Å². The molecule has 23 heavy (non-hydrogen) atoms. The molecule has 0 radical (unpaired) electrons. The Bertz CT molecular complexity index is 720. The van der Waals surface area contributed by atoms with Crippen LogP contribution in [0.15, 0.2) is 18.2 Å². The molecule has 0 unspecified atom stereocenters. The standard InChI is InChI=1S/C17H21N3OS.ClH/c18-17(8-2-1-3-9-17)16(21)19-12-6-7-13-14(10-12)22-15(20-13)11-4-5-11;/h6-7,10-11H,1-5,8-9,18H2,(H,19,21);1H. The van der Waals surface area contributed by atoms with Crippen LogP contribution in [0.25, 0.3) is 10.2 Å². The van der Waals surface area contributed by atoms with E-state index in [4.69, 9.17) is 5.73 Å². The lowest BCUT2D eigenvalue weighted by Crippen LogP contribution is -2.52. The summed E-state index contributed by atoms with van der Waals surface area (Å²) in [6.07, 6.45) is 7.37. The molecule has 0 spiro atoms. The van der Waals surface area contributed by atoms with Gasteiger partial charge in [-0.05, 0) is 43.9 Å². The molecule has 2 fully saturated rings. The number of carbonyl (C=O) groups is 1. The highest BCUT2D eigenvalue weighted by atomic mass is 35.5. The number of nitrogens with two attached hydrogens (primary N) is 1. The van der Waals surface area contributed by atoms with E-state index in [0.717, 1.165) is 41.6 Å². The predicted octanol–water partition coefficient (Wildman–Crippen LogP) is 4.20. The molecule has 1 aromatic carbocycles. The first-order valence-electron chi connectivity index (χ1n) is 8.15. The Labute approximate surface area is 146 Å². The van der Waals surface area contributed by atoms with Gasteiger partial charge in [0.2, 0.25) is 5.91 Å². The average molecular weight is 352 g/mol. The maximum atomic E-state index is 12.5. The first kappa shape index (κ1) is 16.7. The number of carbonyl (C=O) groups excluding carboxylic acids is 1. The third kappa shape index (κ3) is 3.37. The quantitative estimate of drug-likeness (QED) is 0.870. The van der Waals surface area contributed by atoms with Crippen LogP contribution in [0.3, 0.4) is 0 Å². The summed E-state index contributed by atoms with van der Waals surface area (Å²) in [5.41, 5.74) is 7.46. The number of anilines is 1. The SMILES string of the molecule is Cl.NC1(C(=O)Nc2ccc3nc(C4CC4)sc3c2)CCCCC1. The van der Waals surface area contributed by atoms with Crippen LogP contribution < -0.4 is 11.1 Å². The first-order valence-corrected chi connectivity index (χ1v) is 8.97. The fourth-order valence-corrected chi connectivity index (χ4v) is 4.37. The Kier molecular flexibility index (Phi) is 4.63. The summed E-state index contributed by atoms with van der Waals surface area (Å²) in [7, 11) is 0. The monoisotopic (exact) mass is 351 g/mol. The largest absolute Gasteiger partial charge is 0.324 e. The van der Waals surface area contributed by atoms with Gasteiger partial charge in [-0.15, -0.1) is 23.7 Å². The molecule has 1 aromatic heterocycles. The zero-order chi connectivity index (χ0) is 15.2. The number of hydrogen-bond donors (Lipinski definition) is 2. The number of amides is 1. The number of fused-ring (bicyclic) bond motifs is 1. The summed E-state index contributed by atoms with van der Waals surface area (Å²) in [5, 5.41) is 4.25. The highest BCUT2D eigenvalue weighted by molar-refractivity contribution is 7.18. The van der Waals surface area contributed by atoms with E-state index in [0.29, 0.717) is 5.92 Å². The molecule has 6 heteroatoms. The van der Waals surface area contributed by atoms with Crippen molar-refractivity contribution in [3.63, 3.8) is 0 Å². The van der Waals surface area contributed by atoms with Crippen LogP contribution in [0.5, 0.6) is 0 Å². The van der Waals surface area contributed by atoms with Gasteiger partial charge in [-0.25, -0.2) is 4.98 Å². The van der Waals surface area contributed by atoms with Gasteiger partial charge in [-0.2, -0.15) is 0 Å². The van der Waals surface area contributed by atoms with E-state index >= 15 is 0 Å². The number of halogens is 1. The number of nitrogens with one attached hydrogen (secondary N) is 1. The summed E-state index contributed by atoms with van der Waals surface area (Å²) in [6, 6.07) is 5.96. The van der Waals surface area contributed by atoms with E-state index in [9.17, 15) is 4.79 Å². The Hall–Kier alpha value is -1.17.